The lowest BCUT2D eigenvalue weighted by Gasteiger charge is -2.11. The van der Waals surface area contributed by atoms with Gasteiger partial charge < -0.3 is 5.32 Å². The van der Waals surface area contributed by atoms with Gasteiger partial charge in [0.05, 0.1) is 12.3 Å². The van der Waals surface area contributed by atoms with Crippen LogP contribution in [-0.2, 0) is 11.3 Å². The lowest BCUT2D eigenvalue weighted by molar-refractivity contribution is -0.113. The van der Waals surface area contributed by atoms with Gasteiger partial charge in [0, 0.05) is 11.3 Å². The molecule has 0 fully saturated rings. The molecule has 0 unspecified atom stereocenters. The van der Waals surface area contributed by atoms with Gasteiger partial charge in [0.25, 0.3) is 0 Å². The number of H-pyrrole nitrogens is 1. The second-order valence-electron chi connectivity index (χ2n) is 6.63. The summed E-state index contributed by atoms with van der Waals surface area (Å²) in [6, 6.07) is 27.2. The number of carbonyl (C=O) groups excluding carboxylic acids is 1. The molecule has 6 nitrogen and oxygen atoms in total. The molecule has 0 spiro atoms. The monoisotopic (exact) mass is 416 g/mol. The molecule has 0 saturated heterocycles. The van der Waals surface area contributed by atoms with Crippen molar-refractivity contribution in [1.82, 2.24) is 14.8 Å². The number of rotatable bonds is 7. The second-order valence-corrected chi connectivity index (χ2v) is 7.57. The molecule has 30 heavy (non-hydrogen) atoms. The first-order valence-corrected chi connectivity index (χ1v) is 10.5. The zero-order valence-corrected chi connectivity index (χ0v) is 16.9. The standard InChI is InChI=1S/C23H20N4O2S/c28-21(24-20-14-8-7-13-19(20)18-11-5-2-6-12-18)16-30-23-26-25-22(29)27(23)15-17-9-3-1-4-10-17/h1-14H,15-16H2,(H,24,28)(H,25,29). The predicted molar refractivity (Wildman–Crippen MR) is 120 cm³/mol. The Hall–Kier alpha value is -3.58. The van der Waals surface area contributed by atoms with Crippen molar-refractivity contribution in [2.24, 2.45) is 0 Å². The van der Waals surface area contributed by atoms with Crippen molar-refractivity contribution in [2.45, 2.75) is 11.7 Å². The average Bonchev–Trinajstić information content (AvgIpc) is 3.13. The Morgan fingerprint density at radius 2 is 1.60 bits per heavy atom. The summed E-state index contributed by atoms with van der Waals surface area (Å²) in [5.74, 6) is -0.0209. The van der Waals surface area contributed by atoms with E-state index < -0.39 is 0 Å². The van der Waals surface area contributed by atoms with Crippen LogP contribution in [0.5, 0.6) is 0 Å². The fourth-order valence-electron chi connectivity index (χ4n) is 3.10. The number of aromatic nitrogens is 3. The van der Waals surface area contributed by atoms with E-state index >= 15 is 0 Å². The molecule has 1 amide bonds. The van der Waals surface area contributed by atoms with Crippen molar-refractivity contribution in [3.63, 3.8) is 0 Å². The fourth-order valence-corrected chi connectivity index (χ4v) is 3.84. The summed E-state index contributed by atoms with van der Waals surface area (Å²) in [7, 11) is 0. The minimum atomic E-state index is -0.295. The fraction of sp³-hybridized carbons (Fsp3) is 0.0870. The van der Waals surface area contributed by atoms with Gasteiger partial charge in [-0.15, -0.1) is 5.10 Å². The molecule has 0 bridgehead atoms. The number of nitrogens with one attached hydrogen (secondary N) is 2. The van der Waals surface area contributed by atoms with E-state index in [1.54, 1.807) is 0 Å². The Balaban J connectivity index is 1.44. The maximum atomic E-state index is 12.6. The lowest BCUT2D eigenvalue weighted by Crippen LogP contribution is -2.19. The third-order valence-corrected chi connectivity index (χ3v) is 5.50. The first kappa shape index (κ1) is 19.7. The van der Waals surface area contributed by atoms with Crippen molar-refractivity contribution in [1.29, 1.82) is 0 Å². The number of hydrogen-bond donors (Lipinski definition) is 2. The van der Waals surface area contributed by atoms with Gasteiger partial charge in [-0.3, -0.25) is 9.36 Å². The molecule has 150 valence electrons. The molecule has 4 aromatic rings. The number of aromatic amines is 1. The minimum absolute atomic E-state index is 0.141. The van der Waals surface area contributed by atoms with Crippen molar-refractivity contribution in [2.75, 3.05) is 11.1 Å². The van der Waals surface area contributed by atoms with Crippen LogP contribution in [0.2, 0.25) is 0 Å². The smallest absolute Gasteiger partial charge is 0.325 e. The summed E-state index contributed by atoms with van der Waals surface area (Å²) < 4.78 is 1.53. The maximum Gasteiger partial charge on any atom is 0.344 e. The number of nitrogens with zero attached hydrogens (tertiary/aromatic N) is 2. The number of benzene rings is 3. The number of hydrogen-bond acceptors (Lipinski definition) is 4. The van der Waals surface area contributed by atoms with Crippen molar-refractivity contribution >= 4 is 23.4 Å². The first-order valence-electron chi connectivity index (χ1n) is 9.47. The summed E-state index contributed by atoms with van der Waals surface area (Å²) >= 11 is 1.22. The van der Waals surface area contributed by atoms with Gasteiger partial charge in [0.15, 0.2) is 5.16 Å². The van der Waals surface area contributed by atoms with Gasteiger partial charge in [-0.25, -0.2) is 9.89 Å². The summed E-state index contributed by atoms with van der Waals surface area (Å²) in [5.41, 5.74) is 3.43. The van der Waals surface area contributed by atoms with Gasteiger partial charge in [-0.2, -0.15) is 0 Å². The molecule has 0 aliphatic heterocycles. The third-order valence-electron chi connectivity index (χ3n) is 4.53. The average molecular weight is 417 g/mol. The Bertz CT molecular complexity index is 1190. The second kappa shape index (κ2) is 9.28. The van der Waals surface area contributed by atoms with E-state index in [2.05, 4.69) is 15.5 Å². The molecular formula is C23H20N4O2S. The van der Waals surface area contributed by atoms with Crippen LogP contribution in [0.15, 0.2) is 94.9 Å². The molecule has 0 aliphatic carbocycles. The normalized spacial score (nSPS) is 10.7. The Morgan fingerprint density at radius 1 is 0.933 bits per heavy atom. The molecule has 0 radical (unpaired) electrons. The van der Waals surface area contributed by atoms with Crippen LogP contribution in [-0.4, -0.2) is 26.4 Å². The summed E-state index contributed by atoms with van der Waals surface area (Å²) in [6.07, 6.45) is 0. The highest BCUT2D eigenvalue weighted by Crippen LogP contribution is 2.27. The number of amides is 1. The zero-order chi connectivity index (χ0) is 20.8. The molecule has 7 heteroatoms. The minimum Gasteiger partial charge on any atom is -0.325 e. The van der Waals surface area contributed by atoms with Crippen LogP contribution in [0.3, 0.4) is 0 Å². The predicted octanol–water partition coefficient (Wildman–Crippen LogP) is 4.02. The highest BCUT2D eigenvalue weighted by Gasteiger charge is 2.13. The van der Waals surface area contributed by atoms with Gasteiger partial charge in [-0.05, 0) is 17.2 Å². The van der Waals surface area contributed by atoms with E-state index in [1.165, 1.54) is 16.3 Å². The van der Waals surface area contributed by atoms with Crippen LogP contribution in [0.1, 0.15) is 5.56 Å². The van der Waals surface area contributed by atoms with Gasteiger partial charge in [-0.1, -0.05) is 90.6 Å². The number of carbonyl (C=O) groups is 1. The molecule has 3 aromatic carbocycles. The van der Waals surface area contributed by atoms with Crippen LogP contribution in [0, 0.1) is 0 Å². The molecule has 1 aromatic heterocycles. The van der Waals surface area contributed by atoms with E-state index in [-0.39, 0.29) is 17.3 Å². The van der Waals surface area contributed by atoms with E-state index in [1.807, 2.05) is 84.9 Å². The Morgan fingerprint density at radius 3 is 2.37 bits per heavy atom. The molecule has 0 aliphatic rings. The Labute approximate surface area is 178 Å². The van der Waals surface area contributed by atoms with Crippen molar-refractivity contribution in [3.05, 3.63) is 101 Å². The third kappa shape index (κ3) is 4.69. The molecular weight excluding hydrogens is 396 g/mol. The van der Waals surface area contributed by atoms with Crippen molar-refractivity contribution < 1.29 is 4.79 Å². The largest absolute Gasteiger partial charge is 0.344 e. The maximum absolute atomic E-state index is 12.6. The summed E-state index contributed by atoms with van der Waals surface area (Å²) in [6.45, 7) is 0.400. The van der Waals surface area contributed by atoms with E-state index in [9.17, 15) is 9.59 Å². The van der Waals surface area contributed by atoms with E-state index in [0.717, 1.165) is 22.4 Å². The quantitative estimate of drug-likeness (QED) is 0.446. The summed E-state index contributed by atoms with van der Waals surface area (Å²) in [5, 5.41) is 9.98. The molecule has 2 N–H and O–H groups in total. The lowest BCUT2D eigenvalue weighted by atomic mass is 10.0. The highest BCUT2D eigenvalue weighted by molar-refractivity contribution is 7.99. The van der Waals surface area contributed by atoms with Crippen LogP contribution in [0.25, 0.3) is 11.1 Å². The van der Waals surface area contributed by atoms with Crippen LogP contribution < -0.4 is 11.0 Å². The van der Waals surface area contributed by atoms with Crippen LogP contribution >= 0.6 is 11.8 Å². The van der Waals surface area contributed by atoms with E-state index in [4.69, 9.17) is 0 Å². The van der Waals surface area contributed by atoms with Gasteiger partial charge >= 0.3 is 5.69 Å². The molecule has 1 heterocycles. The molecule has 4 rings (SSSR count). The number of para-hydroxylation sites is 1. The summed E-state index contributed by atoms with van der Waals surface area (Å²) in [4.78, 5) is 24.7. The zero-order valence-electron chi connectivity index (χ0n) is 16.1. The van der Waals surface area contributed by atoms with E-state index in [0.29, 0.717) is 11.7 Å². The SMILES string of the molecule is O=C(CSc1n[nH]c(=O)n1Cc1ccccc1)Nc1ccccc1-c1ccccc1. The van der Waals surface area contributed by atoms with Gasteiger partial charge in [0.1, 0.15) is 0 Å². The first-order chi connectivity index (χ1) is 14.7. The Kier molecular flexibility index (Phi) is 6.10. The molecule has 0 saturated carbocycles. The number of anilines is 1. The number of thioether (sulfide) groups is 1. The van der Waals surface area contributed by atoms with Crippen molar-refractivity contribution in [3.8, 4) is 11.1 Å². The topological polar surface area (TPSA) is 79.8 Å². The molecule has 0 atom stereocenters. The van der Waals surface area contributed by atoms with Gasteiger partial charge in [0.2, 0.25) is 5.91 Å². The van der Waals surface area contributed by atoms with Crippen LogP contribution in [0.4, 0.5) is 5.69 Å². The highest BCUT2D eigenvalue weighted by atomic mass is 32.2.